The van der Waals surface area contributed by atoms with Gasteiger partial charge in [0.1, 0.15) is 0 Å². The first-order valence-corrected chi connectivity index (χ1v) is 12.0. The number of piperazine rings is 1. The van der Waals surface area contributed by atoms with Crippen molar-refractivity contribution >= 4 is 44.4 Å². The number of hydrogen-bond acceptors (Lipinski definition) is 5. The largest absolute Gasteiger partial charge is 0.345 e. The topological polar surface area (TPSA) is 36.4 Å². The monoisotopic (exact) mass is 425 g/mol. The van der Waals surface area contributed by atoms with E-state index in [0.29, 0.717) is 12.3 Å². The van der Waals surface area contributed by atoms with Crippen molar-refractivity contribution in [3.8, 4) is 0 Å². The Morgan fingerprint density at radius 2 is 1.83 bits per heavy atom. The molecule has 1 aromatic heterocycles. The number of aromatic nitrogens is 1. The quantitative estimate of drug-likeness (QED) is 0.505. The number of nitrogens with zero attached hydrogens (tertiary/aromatic N) is 3. The highest BCUT2D eigenvalue weighted by molar-refractivity contribution is 7.99. The maximum atomic E-state index is 12.6. The van der Waals surface area contributed by atoms with E-state index in [9.17, 15) is 4.79 Å². The zero-order chi connectivity index (χ0) is 20.2. The summed E-state index contributed by atoms with van der Waals surface area (Å²) in [4.78, 5) is 23.1. The summed E-state index contributed by atoms with van der Waals surface area (Å²) in [5, 5.41) is 1.08. The number of thiazole rings is 1. The third-order valence-electron chi connectivity index (χ3n) is 5.29. The summed E-state index contributed by atoms with van der Waals surface area (Å²) in [6.07, 6.45) is 0.596. The van der Waals surface area contributed by atoms with E-state index in [-0.39, 0.29) is 5.91 Å². The number of amides is 1. The Morgan fingerprint density at radius 1 is 1.07 bits per heavy atom. The minimum atomic E-state index is 0.263. The molecule has 0 spiro atoms. The molecule has 3 aromatic rings. The van der Waals surface area contributed by atoms with E-state index in [2.05, 4.69) is 49.1 Å². The van der Waals surface area contributed by atoms with E-state index in [1.165, 1.54) is 15.2 Å². The Kier molecular flexibility index (Phi) is 6.40. The number of thioether (sulfide) groups is 1. The van der Waals surface area contributed by atoms with Crippen molar-refractivity contribution in [1.82, 2.24) is 9.88 Å². The Labute approximate surface area is 180 Å². The van der Waals surface area contributed by atoms with Gasteiger partial charge >= 0.3 is 0 Å². The summed E-state index contributed by atoms with van der Waals surface area (Å²) < 4.78 is 1.25. The average molecular weight is 426 g/mol. The van der Waals surface area contributed by atoms with Gasteiger partial charge in [-0.2, -0.15) is 0 Å². The van der Waals surface area contributed by atoms with Crippen molar-refractivity contribution in [1.29, 1.82) is 0 Å². The number of rotatable bonds is 6. The highest BCUT2D eigenvalue weighted by atomic mass is 32.2. The predicted octanol–water partition coefficient (Wildman–Crippen LogP) is 5.25. The minimum Gasteiger partial charge on any atom is -0.345 e. The number of carbonyl (C=O) groups excluding carboxylic acids is 1. The molecule has 1 saturated heterocycles. The van der Waals surface area contributed by atoms with Crippen LogP contribution in [0.3, 0.4) is 0 Å². The van der Waals surface area contributed by atoms with Crippen LogP contribution in [0.15, 0.2) is 53.4 Å². The molecule has 0 radical (unpaired) electrons. The molecule has 4 nitrogen and oxygen atoms in total. The van der Waals surface area contributed by atoms with E-state index in [1.807, 2.05) is 23.1 Å². The summed E-state index contributed by atoms with van der Waals surface area (Å²) >= 11 is 3.51. The summed E-state index contributed by atoms with van der Waals surface area (Å²) in [6, 6.07) is 16.7. The first-order valence-electron chi connectivity index (χ1n) is 10.2. The van der Waals surface area contributed by atoms with Gasteiger partial charge in [0.05, 0.1) is 10.2 Å². The van der Waals surface area contributed by atoms with Gasteiger partial charge in [0.25, 0.3) is 0 Å². The highest BCUT2D eigenvalue weighted by Gasteiger charge is 2.23. The lowest BCUT2D eigenvalue weighted by Gasteiger charge is -2.34. The highest BCUT2D eigenvalue weighted by Crippen LogP contribution is 2.33. The second-order valence-corrected chi connectivity index (χ2v) is 9.80. The minimum absolute atomic E-state index is 0.263. The van der Waals surface area contributed by atoms with Crippen molar-refractivity contribution in [2.24, 2.45) is 0 Å². The second kappa shape index (κ2) is 9.18. The Morgan fingerprint density at radius 3 is 2.55 bits per heavy atom. The molecule has 4 rings (SSSR count). The molecular formula is C23H27N3OS2. The summed E-state index contributed by atoms with van der Waals surface area (Å²) in [5.41, 5.74) is 2.45. The van der Waals surface area contributed by atoms with Gasteiger partial charge in [-0.1, -0.05) is 55.5 Å². The average Bonchev–Trinajstić information content (AvgIpc) is 3.19. The zero-order valence-electron chi connectivity index (χ0n) is 17.0. The number of benzene rings is 2. The van der Waals surface area contributed by atoms with Crippen LogP contribution in [0.25, 0.3) is 10.2 Å². The SMILES string of the molecule is CC(C)c1cccc2sc(N3CCN(C(=O)CCSc4ccccc4)CC3)nc12. The number of anilines is 1. The van der Waals surface area contributed by atoms with Gasteiger partial charge in [0.2, 0.25) is 5.91 Å². The van der Waals surface area contributed by atoms with Crippen molar-refractivity contribution < 1.29 is 4.79 Å². The first kappa shape index (κ1) is 20.2. The standard InChI is InChI=1S/C23H27N3OS2/c1-17(2)19-9-6-10-20-22(19)24-23(29-20)26-14-12-25(13-15-26)21(27)11-16-28-18-7-4-3-5-8-18/h3-10,17H,11-16H2,1-2H3. The van der Waals surface area contributed by atoms with Gasteiger partial charge in [0.15, 0.2) is 5.13 Å². The normalized spacial score (nSPS) is 14.7. The third-order valence-corrected chi connectivity index (χ3v) is 7.39. The lowest BCUT2D eigenvalue weighted by molar-refractivity contribution is -0.131. The molecule has 6 heteroatoms. The fourth-order valence-corrected chi connectivity index (χ4v) is 5.55. The van der Waals surface area contributed by atoms with E-state index in [4.69, 9.17) is 4.98 Å². The second-order valence-electron chi connectivity index (χ2n) is 7.62. The molecule has 1 amide bonds. The molecule has 1 aliphatic rings. The van der Waals surface area contributed by atoms with Crippen LogP contribution in [0, 0.1) is 0 Å². The third kappa shape index (κ3) is 4.75. The van der Waals surface area contributed by atoms with E-state index < -0.39 is 0 Å². The lowest BCUT2D eigenvalue weighted by Crippen LogP contribution is -2.48. The maximum Gasteiger partial charge on any atom is 0.223 e. The predicted molar refractivity (Wildman–Crippen MR) is 124 cm³/mol. The smallest absolute Gasteiger partial charge is 0.223 e. The van der Waals surface area contributed by atoms with E-state index in [0.717, 1.165) is 42.6 Å². The van der Waals surface area contributed by atoms with Crippen LogP contribution in [-0.2, 0) is 4.79 Å². The number of para-hydroxylation sites is 1. The number of fused-ring (bicyclic) bond motifs is 1. The van der Waals surface area contributed by atoms with Crippen LogP contribution in [0.4, 0.5) is 5.13 Å². The number of hydrogen-bond donors (Lipinski definition) is 0. The van der Waals surface area contributed by atoms with Crippen LogP contribution in [0.2, 0.25) is 0 Å². The van der Waals surface area contributed by atoms with Gasteiger partial charge in [0, 0.05) is 43.2 Å². The molecule has 2 aromatic carbocycles. The van der Waals surface area contributed by atoms with E-state index >= 15 is 0 Å². The van der Waals surface area contributed by atoms with Gasteiger partial charge in [-0.05, 0) is 29.7 Å². The van der Waals surface area contributed by atoms with Crippen LogP contribution in [0.1, 0.15) is 31.7 Å². The van der Waals surface area contributed by atoms with Crippen molar-refractivity contribution in [2.75, 3.05) is 36.8 Å². The maximum absolute atomic E-state index is 12.6. The molecule has 0 atom stereocenters. The molecule has 1 aliphatic heterocycles. The zero-order valence-corrected chi connectivity index (χ0v) is 18.6. The summed E-state index contributed by atoms with van der Waals surface area (Å²) in [5.74, 6) is 1.56. The van der Waals surface area contributed by atoms with Crippen LogP contribution in [-0.4, -0.2) is 47.7 Å². The molecule has 0 aliphatic carbocycles. The first-order chi connectivity index (χ1) is 14.1. The van der Waals surface area contributed by atoms with Gasteiger partial charge < -0.3 is 9.80 Å². The summed E-state index contributed by atoms with van der Waals surface area (Å²) in [6.45, 7) is 7.70. The Bertz CT molecular complexity index is 963. The number of carbonyl (C=O) groups is 1. The fourth-order valence-electron chi connectivity index (χ4n) is 3.64. The molecule has 0 N–H and O–H groups in total. The molecule has 152 valence electrons. The van der Waals surface area contributed by atoms with Crippen molar-refractivity contribution in [3.05, 3.63) is 54.1 Å². The van der Waals surface area contributed by atoms with Crippen LogP contribution in [0.5, 0.6) is 0 Å². The molecule has 1 fully saturated rings. The van der Waals surface area contributed by atoms with Crippen molar-refractivity contribution in [3.63, 3.8) is 0 Å². The van der Waals surface area contributed by atoms with Crippen LogP contribution >= 0.6 is 23.1 Å². The van der Waals surface area contributed by atoms with Crippen LogP contribution < -0.4 is 4.90 Å². The summed E-state index contributed by atoms with van der Waals surface area (Å²) in [7, 11) is 0. The molecule has 0 bridgehead atoms. The lowest BCUT2D eigenvalue weighted by atomic mass is 10.0. The Balaban J connectivity index is 1.31. The fraction of sp³-hybridized carbons (Fsp3) is 0.391. The Hall–Kier alpha value is -2.05. The van der Waals surface area contributed by atoms with Gasteiger partial charge in [-0.25, -0.2) is 4.98 Å². The van der Waals surface area contributed by atoms with Gasteiger partial charge in [-0.15, -0.1) is 11.8 Å². The molecular weight excluding hydrogens is 398 g/mol. The molecule has 2 heterocycles. The van der Waals surface area contributed by atoms with Crippen molar-refractivity contribution in [2.45, 2.75) is 31.1 Å². The molecule has 29 heavy (non-hydrogen) atoms. The molecule has 0 unspecified atom stereocenters. The molecule has 0 saturated carbocycles. The van der Waals surface area contributed by atoms with Gasteiger partial charge in [-0.3, -0.25) is 4.79 Å². The van der Waals surface area contributed by atoms with E-state index in [1.54, 1.807) is 23.1 Å².